The number of aromatic nitrogens is 2. The van der Waals surface area contributed by atoms with E-state index in [1.165, 1.54) is 0 Å². The Morgan fingerprint density at radius 3 is 3.29 bits per heavy atom. The number of ether oxygens (including phenoxy) is 1. The molecule has 1 amide bonds. The van der Waals surface area contributed by atoms with E-state index in [1.54, 1.807) is 12.4 Å². The normalized spacial score (nSPS) is 24.5. The Morgan fingerprint density at radius 2 is 2.59 bits per heavy atom. The molecule has 17 heavy (non-hydrogen) atoms. The average Bonchev–Trinajstić information content (AvgIpc) is 2.82. The van der Waals surface area contributed by atoms with E-state index in [9.17, 15) is 9.90 Å². The molecule has 2 atom stereocenters. The van der Waals surface area contributed by atoms with Gasteiger partial charge in [0, 0.05) is 19.2 Å². The standard InChI is InChI=1S/C11H17N3O3/c15-10-3-4-17-7-9(10)14-11(16)2-1-8-5-12-13-6-8/h5-6,9-10,15H,1-4,7H2,(H,12,13)(H,14,16)/t9-,10-/m0/s1. The van der Waals surface area contributed by atoms with Crippen molar-refractivity contribution in [1.29, 1.82) is 0 Å². The number of rotatable bonds is 4. The Labute approximate surface area is 99.4 Å². The minimum Gasteiger partial charge on any atom is -0.391 e. The van der Waals surface area contributed by atoms with E-state index in [-0.39, 0.29) is 11.9 Å². The summed E-state index contributed by atoms with van der Waals surface area (Å²) in [4.78, 5) is 11.6. The minimum absolute atomic E-state index is 0.0687. The lowest BCUT2D eigenvalue weighted by Gasteiger charge is -2.28. The van der Waals surface area contributed by atoms with Crippen LogP contribution in [0.15, 0.2) is 12.4 Å². The van der Waals surface area contributed by atoms with Crippen molar-refractivity contribution in [3.05, 3.63) is 18.0 Å². The fraction of sp³-hybridized carbons (Fsp3) is 0.636. The van der Waals surface area contributed by atoms with E-state index < -0.39 is 6.10 Å². The van der Waals surface area contributed by atoms with Crippen LogP contribution in [0.1, 0.15) is 18.4 Å². The zero-order valence-electron chi connectivity index (χ0n) is 9.56. The maximum atomic E-state index is 11.6. The quantitative estimate of drug-likeness (QED) is 0.667. The Hall–Kier alpha value is -1.40. The Balaban J connectivity index is 1.73. The molecule has 0 aromatic carbocycles. The number of hydrogen-bond acceptors (Lipinski definition) is 4. The van der Waals surface area contributed by atoms with Gasteiger partial charge in [0.1, 0.15) is 0 Å². The zero-order chi connectivity index (χ0) is 12.1. The first kappa shape index (κ1) is 12.1. The first-order valence-corrected chi connectivity index (χ1v) is 5.78. The molecule has 2 rings (SSSR count). The summed E-state index contributed by atoms with van der Waals surface area (Å²) in [6.07, 6.45) is 4.58. The van der Waals surface area contributed by atoms with E-state index in [2.05, 4.69) is 15.5 Å². The second kappa shape index (κ2) is 5.79. The molecule has 0 saturated carbocycles. The first-order chi connectivity index (χ1) is 8.25. The molecule has 1 fully saturated rings. The summed E-state index contributed by atoms with van der Waals surface area (Å²) < 4.78 is 5.21. The lowest BCUT2D eigenvalue weighted by atomic mass is 10.1. The number of nitrogens with zero attached hydrogens (tertiary/aromatic N) is 1. The van der Waals surface area contributed by atoms with Gasteiger partial charge in [-0.2, -0.15) is 5.10 Å². The van der Waals surface area contributed by atoms with Crippen LogP contribution in [0.4, 0.5) is 0 Å². The molecule has 2 heterocycles. The van der Waals surface area contributed by atoms with Gasteiger partial charge in [0.2, 0.25) is 5.91 Å². The number of aliphatic hydroxyl groups is 1. The Kier molecular flexibility index (Phi) is 4.11. The molecule has 0 bridgehead atoms. The van der Waals surface area contributed by atoms with E-state index in [1.807, 2.05) is 0 Å². The molecule has 1 aliphatic heterocycles. The lowest BCUT2D eigenvalue weighted by molar-refractivity contribution is -0.124. The molecular weight excluding hydrogens is 222 g/mol. The van der Waals surface area contributed by atoms with E-state index in [0.717, 1.165) is 5.56 Å². The maximum absolute atomic E-state index is 11.6. The van der Waals surface area contributed by atoms with Crippen molar-refractivity contribution in [1.82, 2.24) is 15.5 Å². The third kappa shape index (κ3) is 3.54. The fourth-order valence-corrected chi connectivity index (χ4v) is 1.82. The van der Waals surface area contributed by atoms with Crippen LogP contribution in [0.3, 0.4) is 0 Å². The molecule has 6 nitrogen and oxygen atoms in total. The molecule has 1 aliphatic rings. The first-order valence-electron chi connectivity index (χ1n) is 5.78. The van der Waals surface area contributed by atoms with Crippen molar-refractivity contribution in [2.75, 3.05) is 13.2 Å². The molecule has 0 radical (unpaired) electrons. The van der Waals surface area contributed by atoms with Gasteiger partial charge in [-0.25, -0.2) is 0 Å². The summed E-state index contributed by atoms with van der Waals surface area (Å²) in [5.74, 6) is -0.0687. The predicted octanol–water partition coefficient (Wildman–Crippen LogP) is -0.392. The number of H-pyrrole nitrogens is 1. The highest BCUT2D eigenvalue weighted by Crippen LogP contribution is 2.08. The van der Waals surface area contributed by atoms with Crippen LogP contribution in [0.25, 0.3) is 0 Å². The van der Waals surface area contributed by atoms with Crippen molar-refractivity contribution >= 4 is 5.91 Å². The van der Waals surface area contributed by atoms with Gasteiger partial charge < -0.3 is 15.2 Å². The summed E-state index contributed by atoms with van der Waals surface area (Å²) in [5.41, 5.74) is 1.00. The number of hydrogen-bond donors (Lipinski definition) is 3. The Bertz CT molecular complexity index is 353. The van der Waals surface area contributed by atoms with Gasteiger partial charge in [-0.05, 0) is 18.4 Å². The molecular formula is C11H17N3O3. The number of nitrogens with one attached hydrogen (secondary N) is 2. The van der Waals surface area contributed by atoms with Crippen molar-refractivity contribution in [3.63, 3.8) is 0 Å². The number of aromatic amines is 1. The van der Waals surface area contributed by atoms with Gasteiger partial charge in [0.15, 0.2) is 0 Å². The number of carbonyl (C=O) groups excluding carboxylic acids is 1. The molecule has 1 saturated heterocycles. The molecule has 94 valence electrons. The second-order valence-corrected chi connectivity index (χ2v) is 4.21. The highest BCUT2D eigenvalue weighted by atomic mass is 16.5. The highest BCUT2D eigenvalue weighted by Gasteiger charge is 2.24. The van der Waals surface area contributed by atoms with Gasteiger partial charge in [0.05, 0.1) is 24.9 Å². The molecule has 6 heteroatoms. The summed E-state index contributed by atoms with van der Waals surface area (Å²) in [6.45, 7) is 0.946. The smallest absolute Gasteiger partial charge is 0.220 e. The second-order valence-electron chi connectivity index (χ2n) is 4.21. The van der Waals surface area contributed by atoms with Crippen LogP contribution < -0.4 is 5.32 Å². The molecule has 1 aromatic rings. The van der Waals surface area contributed by atoms with Crippen molar-refractivity contribution in [2.24, 2.45) is 0 Å². The van der Waals surface area contributed by atoms with Crippen LogP contribution in [0.2, 0.25) is 0 Å². The molecule has 0 unspecified atom stereocenters. The summed E-state index contributed by atoms with van der Waals surface area (Å²) >= 11 is 0. The van der Waals surface area contributed by atoms with Crippen molar-refractivity contribution in [3.8, 4) is 0 Å². The zero-order valence-corrected chi connectivity index (χ0v) is 9.56. The summed E-state index contributed by atoms with van der Waals surface area (Å²) in [7, 11) is 0. The number of aryl methyl sites for hydroxylation is 1. The van der Waals surface area contributed by atoms with Gasteiger partial charge in [-0.1, -0.05) is 0 Å². The third-order valence-corrected chi connectivity index (χ3v) is 2.86. The van der Waals surface area contributed by atoms with Gasteiger partial charge >= 0.3 is 0 Å². The van der Waals surface area contributed by atoms with Crippen LogP contribution in [0, 0.1) is 0 Å². The van der Waals surface area contributed by atoms with E-state index in [0.29, 0.717) is 32.5 Å². The highest BCUT2D eigenvalue weighted by molar-refractivity contribution is 5.76. The molecule has 3 N–H and O–H groups in total. The number of amides is 1. The summed E-state index contributed by atoms with van der Waals surface area (Å²) in [6, 6.07) is -0.277. The van der Waals surface area contributed by atoms with E-state index >= 15 is 0 Å². The number of carbonyl (C=O) groups is 1. The summed E-state index contributed by atoms with van der Waals surface area (Å²) in [5, 5.41) is 19.0. The molecule has 0 spiro atoms. The fourth-order valence-electron chi connectivity index (χ4n) is 1.82. The van der Waals surface area contributed by atoms with Crippen LogP contribution in [-0.4, -0.2) is 46.6 Å². The van der Waals surface area contributed by atoms with Crippen LogP contribution in [-0.2, 0) is 16.0 Å². The maximum Gasteiger partial charge on any atom is 0.220 e. The van der Waals surface area contributed by atoms with Gasteiger partial charge in [0.25, 0.3) is 0 Å². The van der Waals surface area contributed by atoms with Crippen molar-refractivity contribution < 1.29 is 14.6 Å². The minimum atomic E-state index is -0.498. The van der Waals surface area contributed by atoms with Crippen molar-refractivity contribution in [2.45, 2.75) is 31.4 Å². The SMILES string of the molecule is O=C(CCc1cn[nH]c1)N[C@H]1COCC[C@@H]1O. The molecule has 1 aromatic heterocycles. The Morgan fingerprint density at radius 1 is 1.71 bits per heavy atom. The average molecular weight is 239 g/mol. The van der Waals surface area contributed by atoms with Crippen LogP contribution >= 0.6 is 0 Å². The van der Waals surface area contributed by atoms with Gasteiger partial charge in [-0.15, -0.1) is 0 Å². The molecule has 0 aliphatic carbocycles. The largest absolute Gasteiger partial charge is 0.391 e. The predicted molar refractivity (Wildman–Crippen MR) is 60.3 cm³/mol. The topological polar surface area (TPSA) is 87.2 Å². The third-order valence-electron chi connectivity index (χ3n) is 2.86. The van der Waals surface area contributed by atoms with E-state index in [4.69, 9.17) is 4.74 Å². The van der Waals surface area contributed by atoms with Crippen LogP contribution in [0.5, 0.6) is 0 Å². The monoisotopic (exact) mass is 239 g/mol. The lowest BCUT2D eigenvalue weighted by Crippen LogP contribution is -2.49. The van der Waals surface area contributed by atoms with Gasteiger partial charge in [-0.3, -0.25) is 9.89 Å². The number of aliphatic hydroxyl groups excluding tert-OH is 1.